The highest BCUT2D eigenvalue weighted by Crippen LogP contribution is 2.41. The van der Waals surface area contributed by atoms with Crippen LogP contribution in [0.5, 0.6) is 0 Å². The van der Waals surface area contributed by atoms with Crippen LogP contribution in [0.4, 0.5) is 0 Å². The van der Waals surface area contributed by atoms with Crippen LogP contribution in [0.3, 0.4) is 0 Å². The average molecular weight is 1430 g/mol. The summed E-state index contributed by atoms with van der Waals surface area (Å²) in [7, 11) is 0. The van der Waals surface area contributed by atoms with Gasteiger partial charge in [-0.05, 0) is 89.5 Å². The third kappa shape index (κ3) is 19.7. The number of aliphatic hydroxyl groups is 1. The Morgan fingerprint density at radius 2 is 0.740 bits per heavy atom. The second-order valence-electron chi connectivity index (χ2n) is 24.6. The Labute approximate surface area is 605 Å². The summed E-state index contributed by atoms with van der Waals surface area (Å²) in [6, 6.07) is 75.8. The van der Waals surface area contributed by atoms with Crippen LogP contribution in [0.2, 0.25) is 0 Å². The van der Waals surface area contributed by atoms with Gasteiger partial charge in [-0.3, -0.25) is 4.79 Å². The van der Waals surface area contributed by atoms with Gasteiger partial charge in [0.15, 0.2) is 37.0 Å². The third-order valence-corrected chi connectivity index (χ3v) is 18.5. The summed E-state index contributed by atoms with van der Waals surface area (Å²) in [5.74, 6) is -5.25. The van der Waals surface area contributed by atoms with E-state index >= 15 is 4.79 Å². The minimum absolute atomic E-state index is 0.0122. The predicted molar refractivity (Wildman–Crippen MR) is 378 cm³/mol. The number of thioether (sulfide) groups is 1. The summed E-state index contributed by atoms with van der Waals surface area (Å²) in [6.07, 6.45) is -20.7. The number of hydrogen-bond donors (Lipinski definition) is 2. The van der Waals surface area contributed by atoms with E-state index < -0.39 is 140 Å². The number of carbonyl (C=O) groups is 6. The van der Waals surface area contributed by atoms with E-state index in [1.54, 1.807) is 91.0 Å². The third-order valence-electron chi connectivity index (χ3n) is 17.3. The van der Waals surface area contributed by atoms with Gasteiger partial charge in [0, 0.05) is 11.8 Å². The smallest absolute Gasteiger partial charge is 0.338 e. The van der Waals surface area contributed by atoms with Crippen LogP contribution in [0.25, 0.3) is 0 Å². The molecule has 22 heteroatoms. The van der Waals surface area contributed by atoms with Gasteiger partial charge in [0.1, 0.15) is 60.8 Å². The molecule has 536 valence electrons. The topological polar surface area (TPSA) is 255 Å². The van der Waals surface area contributed by atoms with Crippen LogP contribution >= 0.6 is 11.8 Å². The van der Waals surface area contributed by atoms with Crippen molar-refractivity contribution in [2.75, 3.05) is 19.8 Å². The van der Waals surface area contributed by atoms with Gasteiger partial charge in [-0.2, -0.15) is 0 Å². The standard InChI is InChI=1S/C82H77NO20S/c1-53(84)83-66-71(100-77(88)59-39-21-7-22-40-59)69(103-81-74(102-79(90)61-43-25-9-26-44-61)73(101-78(89)60-41-23-8-24-42-60)70(99-76(87)58-37-19-6-20-38-58)64(97-81)51-94-75(86)57-35-17-5-18-36-57)65(98-82(66)104-62-45-27-10-28-46-62)52-95-80-67(85)72(93-49-56-33-15-4-16-34-56)68(92-48-55-31-13-3-14-32-55)63(96-80)50-91-47-54-29-11-2-12-30-54/h2-46,63-74,80-82,85H,47-52H2,1H3,(H,83,84)/t63?,64-,65?,66?,67?,68-,69+,70-,71?,72?,73?,74?,80+,81-,82-/m0/s1. The maximum atomic E-state index is 15.0. The Morgan fingerprint density at radius 3 is 1.21 bits per heavy atom. The van der Waals surface area contributed by atoms with Crippen LogP contribution in [0, 0.1) is 0 Å². The zero-order chi connectivity index (χ0) is 72.0. The molecule has 0 radical (unpaired) electrons. The van der Waals surface area contributed by atoms with Gasteiger partial charge in [0.25, 0.3) is 0 Å². The molecule has 0 saturated carbocycles. The van der Waals surface area contributed by atoms with Gasteiger partial charge in [0.2, 0.25) is 5.91 Å². The minimum atomic E-state index is -2.05. The van der Waals surface area contributed by atoms with Crippen molar-refractivity contribution in [3.8, 4) is 0 Å². The number of esters is 5. The number of nitrogens with one attached hydrogen (secondary N) is 1. The molecule has 3 saturated heterocycles. The predicted octanol–water partition coefficient (Wildman–Crippen LogP) is 11.4. The first kappa shape index (κ1) is 73.5. The summed E-state index contributed by atoms with van der Waals surface area (Å²) >= 11 is 1.17. The van der Waals surface area contributed by atoms with Crippen molar-refractivity contribution >= 4 is 47.5 Å². The van der Waals surface area contributed by atoms with Crippen molar-refractivity contribution < 1.29 is 95.5 Å². The molecule has 0 spiro atoms. The molecular formula is C82H77NO20S. The van der Waals surface area contributed by atoms with Crippen molar-refractivity contribution in [3.63, 3.8) is 0 Å². The van der Waals surface area contributed by atoms with E-state index in [0.717, 1.165) is 16.7 Å². The Balaban J connectivity index is 0.982. The van der Waals surface area contributed by atoms with Crippen LogP contribution in [-0.2, 0) is 86.2 Å². The molecular weight excluding hydrogens is 1350 g/mol. The first-order valence-electron chi connectivity index (χ1n) is 34.0. The van der Waals surface area contributed by atoms with E-state index in [4.69, 9.17) is 61.6 Å². The molecule has 15 atom stereocenters. The Bertz CT molecular complexity index is 4180. The molecule has 9 aromatic rings. The molecule has 12 rings (SSSR count). The molecule has 1 amide bonds. The highest BCUT2D eigenvalue weighted by atomic mass is 32.2. The molecule has 9 aromatic carbocycles. The summed E-state index contributed by atoms with van der Waals surface area (Å²) < 4.78 is 87.1. The van der Waals surface area contributed by atoms with Crippen LogP contribution in [0.15, 0.2) is 278 Å². The molecule has 3 aliphatic heterocycles. The first-order chi connectivity index (χ1) is 50.9. The molecule has 21 nitrogen and oxygen atoms in total. The quantitative estimate of drug-likeness (QED) is 0.0326. The summed E-state index contributed by atoms with van der Waals surface area (Å²) in [5.41, 5.74) is 1.63. The number of carbonyl (C=O) groups excluding carboxylic acids is 6. The lowest BCUT2D eigenvalue weighted by Gasteiger charge is -2.50. The monoisotopic (exact) mass is 1430 g/mol. The Hall–Kier alpha value is -10.2. The van der Waals surface area contributed by atoms with Crippen LogP contribution in [0.1, 0.15) is 75.4 Å². The van der Waals surface area contributed by atoms with E-state index in [1.165, 1.54) is 79.3 Å². The van der Waals surface area contributed by atoms with E-state index in [-0.39, 0.29) is 54.2 Å². The van der Waals surface area contributed by atoms with Gasteiger partial charge >= 0.3 is 29.8 Å². The molecule has 0 bridgehead atoms. The molecule has 0 aromatic heterocycles. The number of rotatable bonds is 29. The Kier molecular flexibility index (Phi) is 26.0. The molecule has 3 fully saturated rings. The van der Waals surface area contributed by atoms with Crippen molar-refractivity contribution in [3.05, 3.63) is 317 Å². The maximum absolute atomic E-state index is 15.0. The summed E-state index contributed by atoms with van der Waals surface area (Å²) in [4.78, 5) is 88.1. The highest BCUT2D eigenvalue weighted by Gasteiger charge is 2.58. The van der Waals surface area contributed by atoms with E-state index in [2.05, 4.69) is 5.32 Å². The van der Waals surface area contributed by atoms with E-state index in [9.17, 15) is 29.1 Å². The normalized spacial score (nSPS) is 24.3. The fraction of sp³-hybridized carbons (Fsp3) is 0.268. The maximum Gasteiger partial charge on any atom is 0.338 e. The number of amides is 1. The zero-order valence-corrected chi connectivity index (χ0v) is 57.3. The van der Waals surface area contributed by atoms with Crippen LogP contribution < -0.4 is 5.32 Å². The zero-order valence-electron chi connectivity index (χ0n) is 56.5. The first-order valence-corrected chi connectivity index (χ1v) is 34.9. The molecule has 3 heterocycles. The van der Waals surface area contributed by atoms with Gasteiger partial charge in [-0.15, -0.1) is 0 Å². The van der Waals surface area contributed by atoms with Gasteiger partial charge in [-0.25, -0.2) is 24.0 Å². The number of ether oxygens (including phenoxy) is 13. The van der Waals surface area contributed by atoms with Crippen LogP contribution in [-0.4, -0.2) is 152 Å². The molecule has 2 N–H and O–H groups in total. The number of hydrogen-bond acceptors (Lipinski definition) is 21. The largest absolute Gasteiger partial charge is 0.459 e. The second kappa shape index (κ2) is 36.8. The second-order valence-corrected chi connectivity index (χ2v) is 25.8. The van der Waals surface area contributed by atoms with Crippen molar-refractivity contribution in [1.29, 1.82) is 0 Å². The lowest BCUT2D eigenvalue weighted by molar-refractivity contribution is -0.342. The lowest BCUT2D eigenvalue weighted by atomic mass is 9.95. The number of benzene rings is 9. The average Bonchev–Trinajstić information content (AvgIpc) is 0.761. The van der Waals surface area contributed by atoms with Crippen molar-refractivity contribution in [2.45, 2.75) is 123 Å². The Morgan fingerprint density at radius 1 is 0.365 bits per heavy atom. The highest BCUT2D eigenvalue weighted by molar-refractivity contribution is 7.99. The molecule has 104 heavy (non-hydrogen) atoms. The van der Waals surface area contributed by atoms with Gasteiger partial charge in [0.05, 0.1) is 60.9 Å². The minimum Gasteiger partial charge on any atom is -0.459 e. The molecule has 0 aliphatic carbocycles. The fourth-order valence-electron chi connectivity index (χ4n) is 12.2. The van der Waals surface area contributed by atoms with Crippen molar-refractivity contribution in [1.82, 2.24) is 5.32 Å². The summed E-state index contributed by atoms with van der Waals surface area (Å²) in [6.45, 7) is 0.123. The SMILES string of the molecule is CC(=O)NC1C(OC(=O)c2ccccc2)[C@H](O[C@@H]2O[C@@H](COC(=O)c3ccccc3)[C@H](OC(=O)c3ccccc3)C(OC(=O)c3ccccc3)C2OC(=O)c2ccccc2)C(CO[C@@H]2OC(COCc3ccccc3)[C@H](OCc3ccccc3)C(OCc3ccccc3)C2O)O[C@H]1Sc1ccccc1. The molecule has 3 aliphatic rings. The summed E-state index contributed by atoms with van der Waals surface area (Å²) in [5, 5.41) is 15.9. The van der Waals surface area contributed by atoms with Gasteiger partial charge in [-0.1, -0.05) is 212 Å². The van der Waals surface area contributed by atoms with E-state index in [1.807, 2.05) is 121 Å². The van der Waals surface area contributed by atoms with E-state index in [0.29, 0.717) is 4.90 Å². The van der Waals surface area contributed by atoms with Gasteiger partial charge < -0.3 is 72.0 Å². The lowest BCUT2D eigenvalue weighted by Crippen LogP contribution is -2.68. The van der Waals surface area contributed by atoms with Crippen molar-refractivity contribution in [2.24, 2.45) is 0 Å². The number of aliphatic hydroxyl groups excluding tert-OH is 1. The molecule has 8 unspecified atom stereocenters. The fourth-order valence-corrected chi connectivity index (χ4v) is 13.3.